The van der Waals surface area contributed by atoms with Gasteiger partial charge in [-0.15, -0.1) is 12.0 Å². The monoisotopic (exact) mass is 1800 g/mol. The number of H-pyrrole nitrogens is 3. The lowest BCUT2D eigenvalue weighted by Crippen LogP contribution is -2.43. The van der Waals surface area contributed by atoms with Gasteiger partial charge in [0.15, 0.2) is 18.7 Å². The number of carbonyl (C=O) groups is 1. The van der Waals surface area contributed by atoms with E-state index in [0.717, 1.165) is 19.3 Å². The zero-order chi connectivity index (χ0) is 91.2. The highest BCUT2D eigenvalue weighted by molar-refractivity contribution is 7.45. The van der Waals surface area contributed by atoms with E-state index >= 15 is 0 Å². The third-order valence-corrected chi connectivity index (χ3v) is 29.6. The van der Waals surface area contributed by atoms with Crippen LogP contribution in [0.15, 0.2) is 47.4 Å². The predicted molar refractivity (Wildman–Crippen MR) is 484 cm³/mol. The van der Waals surface area contributed by atoms with Crippen LogP contribution in [0.3, 0.4) is 0 Å². The number of unbranched alkanes of at least 4 members (excludes halogenated alkanes) is 14. The second-order valence-electron chi connectivity index (χ2n) is 34.8. The van der Waals surface area contributed by atoms with Crippen LogP contribution in [0.25, 0.3) is 14.5 Å². The van der Waals surface area contributed by atoms with Gasteiger partial charge in [0.1, 0.15) is 98.0 Å². The molecule has 9 rings (SSSR count). The Morgan fingerprint density at radius 2 is 0.798 bits per heavy atom. The molecule has 0 spiro atoms. The summed E-state index contributed by atoms with van der Waals surface area (Å²) in [6.45, 7) is 63.1. The minimum Gasteiger partial charge on any atom is -0.368 e. The maximum atomic E-state index is 13.1. The van der Waals surface area contributed by atoms with Gasteiger partial charge in [-0.2, -0.15) is 0 Å². The number of hydrogen-bond donors (Lipinski definition) is 4. The lowest BCUT2D eigenvalue weighted by atomic mass is 9.96. The molecule has 6 aliphatic rings. The Labute approximate surface area is 738 Å². The van der Waals surface area contributed by atoms with Gasteiger partial charge in [-0.1, -0.05) is 161 Å². The van der Waals surface area contributed by atoms with Crippen molar-refractivity contribution in [2.24, 2.45) is 0 Å². The molecule has 688 valence electrons. The Bertz CT molecular complexity index is 4570. The summed E-state index contributed by atoms with van der Waals surface area (Å²) in [6.07, 6.45) is 25.1. The first-order valence-corrected chi connectivity index (χ1v) is 51.3. The number of nitrogens with one attached hydrogen (secondary N) is 4. The molecule has 6 fully saturated rings. The van der Waals surface area contributed by atoms with Crippen molar-refractivity contribution in [2.45, 2.75) is 361 Å². The Hall–Kier alpha value is -6.43. The average Bonchev–Trinajstić information content (AvgIpc) is 1.58. The molecule has 9 heterocycles. The van der Waals surface area contributed by atoms with Gasteiger partial charge in [0.25, 0.3) is 42.3 Å². The first-order chi connectivity index (χ1) is 59.1. The molecule has 6 saturated heterocycles. The van der Waals surface area contributed by atoms with Gasteiger partial charge in [-0.3, -0.25) is 47.8 Å². The summed E-state index contributed by atoms with van der Waals surface area (Å²) >= 11 is 0. The molecule has 0 aromatic carbocycles. The van der Waals surface area contributed by atoms with Gasteiger partial charge >= 0.3 is 17.1 Å². The van der Waals surface area contributed by atoms with E-state index in [4.69, 9.17) is 81.7 Å². The number of amides is 1. The lowest BCUT2D eigenvalue weighted by molar-refractivity contribution is -0.175. The van der Waals surface area contributed by atoms with Gasteiger partial charge < -0.3 is 75.4 Å². The molecule has 4 N–H and O–H groups in total. The Morgan fingerprint density at radius 1 is 0.500 bits per heavy atom. The first kappa shape index (κ1) is 105. The third-order valence-electron chi connectivity index (χ3n) is 22.3. The highest BCUT2D eigenvalue weighted by Crippen LogP contribution is 2.59. The highest BCUT2D eigenvalue weighted by Gasteiger charge is 2.66. The van der Waals surface area contributed by atoms with Crippen molar-refractivity contribution >= 4 is 39.6 Å². The molecule has 6 unspecified atom stereocenters. The van der Waals surface area contributed by atoms with Crippen molar-refractivity contribution < 1.29 is 60.4 Å². The molecular weight excluding hydrogens is 1660 g/mol. The van der Waals surface area contributed by atoms with Crippen LogP contribution in [-0.2, 0) is 60.4 Å². The van der Waals surface area contributed by atoms with E-state index in [1.165, 1.54) is 109 Å². The van der Waals surface area contributed by atoms with Gasteiger partial charge in [0.2, 0.25) is 25.5 Å². The second-order valence-corrected chi connectivity index (χ2v) is 43.8. The number of nitrogens with zero attached hydrogens (tertiary/aromatic N) is 9. The number of terminal acetylenes is 1. The molecule has 15 atom stereocenters. The van der Waals surface area contributed by atoms with Crippen molar-refractivity contribution in [1.82, 2.24) is 48.0 Å². The molecule has 36 heteroatoms. The normalized spacial score (nSPS) is 24.2. The summed E-state index contributed by atoms with van der Waals surface area (Å²) in [5, 5.41) is 2.82. The lowest BCUT2D eigenvalue weighted by Gasteiger charge is -2.38. The molecule has 32 nitrogen and oxygen atoms in total. The molecule has 3 aromatic heterocycles. The molecule has 0 saturated carbocycles. The zero-order valence-corrected chi connectivity index (χ0v) is 80.3. The van der Waals surface area contributed by atoms with E-state index in [-0.39, 0.29) is 111 Å². The largest absolute Gasteiger partial charge is 0.368 e. The molecule has 6 bridgehead atoms. The Kier molecular flexibility index (Phi) is 42.6. The van der Waals surface area contributed by atoms with Crippen molar-refractivity contribution in [3.63, 3.8) is 0 Å². The van der Waals surface area contributed by atoms with Crippen LogP contribution in [0, 0.1) is 55.4 Å². The maximum absolute atomic E-state index is 13.1. The van der Waals surface area contributed by atoms with E-state index in [1.54, 1.807) is 0 Å². The summed E-state index contributed by atoms with van der Waals surface area (Å²) in [6, 6.07) is 0.780. The predicted octanol–water partition coefficient (Wildman–Crippen LogP) is 13.8. The van der Waals surface area contributed by atoms with Crippen LogP contribution in [0.5, 0.6) is 0 Å². The SMILES string of the molecule is [C-]#[N+]CCOP(O[C@@H]1C2OC[C@]1(CC)O[C@H]2n1cc(C#C)c(=O)[nH]c1=O)N(C(C)C)C(C)C.[C-]#[N+]CCOP(O[C@@H]1C2OC[C@]1(CC)O[C@H]2n1cc(C#CCNC(=O)CCCCCCCCCCCCCCCCC)c(=O)[nH]c1=O)N(C(C)C)C(C)C.[C-]#[N+]CCOP(O[C@@H]1C2OC[C@]1(CC)O[C@H]2n1cc(C#C[Si](C)(C)C)c(=O)[nH]c1=O)N(C(C)C)C(C)C. The number of rotatable bonds is 47. The fraction of sp³-hybridized carbons (Fsp3) is 0.750. The smallest absolute Gasteiger partial charge is 0.330 e. The minimum atomic E-state index is -1.74. The second kappa shape index (κ2) is 50.5. The van der Waals surface area contributed by atoms with E-state index in [0.29, 0.717) is 38.9 Å². The van der Waals surface area contributed by atoms with Crippen LogP contribution in [0.2, 0.25) is 19.6 Å². The van der Waals surface area contributed by atoms with Gasteiger partial charge in [-0.25, -0.2) is 48.1 Å². The van der Waals surface area contributed by atoms with Crippen LogP contribution in [0.4, 0.5) is 0 Å². The number of ether oxygens (including phenoxy) is 6. The summed E-state index contributed by atoms with van der Waals surface area (Å²) in [4.78, 5) is 105. The summed E-state index contributed by atoms with van der Waals surface area (Å²) in [5.74, 6) is 10.9. The number of fused-ring (bicyclic) bond motifs is 6. The zero-order valence-electron chi connectivity index (χ0n) is 76.6. The third kappa shape index (κ3) is 28.0. The van der Waals surface area contributed by atoms with Crippen molar-refractivity contribution in [3.8, 4) is 35.6 Å². The molecule has 0 aliphatic carbocycles. The van der Waals surface area contributed by atoms with E-state index in [2.05, 4.69) is 188 Å². The average molecular weight is 1800 g/mol. The number of hydrogen-bond acceptors (Lipinski definition) is 22. The van der Waals surface area contributed by atoms with Gasteiger partial charge in [0.05, 0.1) is 26.4 Å². The van der Waals surface area contributed by atoms with E-state index in [1.807, 2.05) is 20.8 Å². The molecule has 124 heavy (non-hydrogen) atoms. The quantitative estimate of drug-likeness (QED) is 0.0134. The van der Waals surface area contributed by atoms with Crippen LogP contribution < -0.4 is 39.1 Å². The molecule has 0 radical (unpaired) electrons. The standard InChI is InChI=1S/C41H68N5O7P.C25H39N4O6PSi.C22H31N4O6P/c1-8-10-11-12-13-14-15-16-17-18-19-20-21-22-23-26-35(47)43-27-24-25-34-30-45(40(49)44-38(34)48)39-36-37(41(9-2,52-39)31-50-36)53-54(51-29-28-42-7)46(32(3)4)33(5)6;1-10-25-16-32-20(21(25)35-36(33-13-12-26-6)29(17(2)3)18(4)5)23(34-25)28-15-19(11-14-37(7,8)9)22(30)27-24(28)31;1-8-16-12-25(21(28)24-19(16)27)20-17-18(22(9-2,31-20)13-29-17)32-33(30-11-10-23-7)26(14(3)4)15(5)6/h30,32-33,36-37,39H,8-23,26-29,31H2,1-6H3,(H,43,47)(H,44,48,49);15,17-18,20-21,23H,10,12-13,16H2,1-5,7-9H3,(H,27,30,31);1,12,14-15,17-18,20H,9-11,13H2,2-6H3,(H,24,27,28)/t36?,37-,39-,41+,54?;20?,21-,23-,25+,36?;17?,18-,20-,22+,33?/m111/s1. The number of aromatic amines is 3. The van der Waals surface area contributed by atoms with E-state index in [9.17, 15) is 33.6 Å². The molecule has 6 aliphatic heterocycles. The van der Waals surface area contributed by atoms with Crippen molar-refractivity contribution in [2.75, 3.05) is 65.8 Å². The van der Waals surface area contributed by atoms with Crippen molar-refractivity contribution in [1.29, 1.82) is 0 Å². The summed E-state index contributed by atoms with van der Waals surface area (Å²) in [7, 11) is -6.40. The summed E-state index contributed by atoms with van der Waals surface area (Å²) in [5.41, 5.74) is -2.52. The Balaban J connectivity index is 0.000000265. The number of carbonyl (C=O) groups excluding carboxylic acids is 1. The van der Waals surface area contributed by atoms with Crippen LogP contribution >= 0.6 is 25.6 Å². The van der Waals surface area contributed by atoms with Crippen LogP contribution in [-0.4, -0.2) is 212 Å². The minimum absolute atomic E-state index is 0.0273. The fourth-order valence-corrected chi connectivity index (χ4v) is 22.0. The molecule has 3 aromatic rings. The molecular formula is C88H138N13O19P3Si. The Morgan fingerprint density at radius 3 is 1.09 bits per heavy atom. The van der Waals surface area contributed by atoms with Crippen molar-refractivity contribution in [3.05, 3.63) is 132 Å². The fourth-order valence-electron chi connectivity index (χ4n) is 16.1. The maximum Gasteiger partial charge on any atom is 0.330 e. The summed E-state index contributed by atoms with van der Waals surface area (Å²) < 4.78 is 86.4. The molecule has 1 amide bonds. The topological polar surface area (TPSA) is 327 Å². The highest BCUT2D eigenvalue weighted by atomic mass is 31.2. The van der Waals surface area contributed by atoms with Crippen LogP contribution in [0.1, 0.15) is 268 Å². The van der Waals surface area contributed by atoms with Gasteiger partial charge in [0, 0.05) is 61.3 Å². The first-order valence-electron chi connectivity index (χ1n) is 44.4. The van der Waals surface area contributed by atoms with E-state index < -0.39 is 140 Å². The number of aromatic nitrogens is 6. The van der Waals surface area contributed by atoms with Gasteiger partial charge in [-0.05, 0) is 109 Å².